The molecule has 0 radical (unpaired) electrons. The van der Waals surface area contributed by atoms with E-state index in [1.54, 1.807) is 24.3 Å². The third kappa shape index (κ3) is 9.90. The van der Waals surface area contributed by atoms with Crippen LogP contribution in [0.5, 0.6) is 0 Å². The molecular formula is C22H31NO7S2. The van der Waals surface area contributed by atoms with Crippen LogP contribution in [0.3, 0.4) is 0 Å². The molecule has 2 aromatic carbocycles. The Hall–Kier alpha value is -2.27. The van der Waals surface area contributed by atoms with Crippen LogP contribution in [0.4, 0.5) is 5.69 Å². The molecule has 0 aliphatic rings. The van der Waals surface area contributed by atoms with Gasteiger partial charge in [-0.15, -0.1) is 0 Å². The van der Waals surface area contributed by atoms with E-state index in [1.165, 1.54) is 12.1 Å². The molecule has 2 unspecified atom stereocenters. The van der Waals surface area contributed by atoms with E-state index in [0.717, 1.165) is 24.0 Å². The highest BCUT2D eigenvalue weighted by atomic mass is 32.2. The number of nitrogens with one attached hydrogen (secondary N) is 1. The molecule has 0 fully saturated rings. The first-order chi connectivity index (χ1) is 14.8. The molecule has 2 rings (SSSR count). The molecule has 0 aliphatic carbocycles. The Morgan fingerprint density at radius 2 is 1.22 bits per heavy atom. The van der Waals surface area contributed by atoms with Crippen molar-refractivity contribution in [3.63, 3.8) is 0 Å². The van der Waals surface area contributed by atoms with Gasteiger partial charge < -0.3 is 5.32 Å². The third-order valence-electron chi connectivity index (χ3n) is 5.05. The van der Waals surface area contributed by atoms with Gasteiger partial charge in [0.25, 0.3) is 20.2 Å². The van der Waals surface area contributed by atoms with Crippen molar-refractivity contribution in [2.45, 2.75) is 57.3 Å². The van der Waals surface area contributed by atoms with Gasteiger partial charge in [0.1, 0.15) is 0 Å². The van der Waals surface area contributed by atoms with E-state index >= 15 is 0 Å². The monoisotopic (exact) mass is 485 g/mol. The topological polar surface area (TPSA) is 138 Å². The van der Waals surface area contributed by atoms with Crippen LogP contribution in [0.25, 0.3) is 0 Å². The van der Waals surface area contributed by atoms with Crippen molar-refractivity contribution < 1.29 is 30.7 Å². The van der Waals surface area contributed by atoms with Crippen LogP contribution in [-0.4, -0.2) is 37.6 Å². The fraction of sp³-hybridized carbons (Fsp3) is 0.409. The van der Waals surface area contributed by atoms with Gasteiger partial charge in [0.15, 0.2) is 5.75 Å². The number of carbonyl (C=O) groups is 1. The molecule has 8 nitrogen and oxygen atoms in total. The zero-order chi connectivity index (χ0) is 24.5. The number of carbonyl (C=O) groups excluding carboxylic acids is 1. The van der Waals surface area contributed by atoms with Gasteiger partial charge in [-0.25, -0.2) is 0 Å². The van der Waals surface area contributed by atoms with Crippen LogP contribution in [0.15, 0.2) is 53.4 Å². The zero-order valence-corrected chi connectivity index (χ0v) is 20.3. The van der Waals surface area contributed by atoms with E-state index in [2.05, 4.69) is 33.0 Å². The predicted octanol–water partition coefficient (Wildman–Crippen LogP) is 4.47. The van der Waals surface area contributed by atoms with Gasteiger partial charge in [-0.3, -0.25) is 13.9 Å². The number of hydrogen-bond donors (Lipinski definition) is 3. The van der Waals surface area contributed by atoms with E-state index in [9.17, 15) is 21.6 Å². The quantitative estimate of drug-likeness (QED) is 0.469. The summed E-state index contributed by atoms with van der Waals surface area (Å²) >= 11 is 0. The summed E-state index contributed by atoms with van der Waals surface area (Å²) in [6.07, 6.45) is 2.03. The first-order valence-corrected chi connectivity index (χ1v) is 13.2. The summed E-state index contributed by atoms with van der Waals surface area (Å²) in [4.78, 5) is 11.2. The molecule has 0 aliphatic heterocycles. The minimum Gasteiger partial charge on any atom is -0.325 e. The second-order valence-corrected chi connectivity index (χ2v) is 10.4. The Balaban J connectivity index is 0.000000330. The summed E-state index contributed by atoms with van der Waals surface area (Å²) < 4.78 is 59.8. The molecule has 0 bridgehead atoms. The SMILES string of the molecule is CCC(C)c1ccc(NC(=O)CS(=O)(=O)O)cc1.CCC(C)c1ccc(S(=O)(=O)O)cc1. The second-order valence-electron chi connectivity index (χ2n) is 7.56. The molecule has 0 aromatic heterocycles. The lowest BCUT2D eigenvalue weighted by Crippen LogP contribution is -2.22. The van der Waals surface area contributed by atoms with Crippen LogP contribution in [0.2, 0.25) is 0 Å². The maximum atomic E-state index is 11.3. The maximum Gasteiger partial charge on any atom is 0.294 e. The Labute approximate surface area is 190 Å². The normalized spacial score (nSPS) is 13.4. The number of amides is 1. The molecule has 2 atom stereocenters. The van der Waals surface area contributed by atoms with Crippen molar-refractivity contribution in [2.24, 2.45) is 0 Å². The van der Waals surface area contributed by atoms with Gasteiger partial charge in [0.2, 0.25) is 5.91 Å². The van der Waals surface area contributed by atoms with E-state index in [1.807, 2.05) is 12.1 Å². The summed E-state index contributed by atoms with van der Waals surface area (Å²) in [6.45, 7) is 8.34. The maximum absolute atomic E-state index is 11.3. The standard InChI is InChI=1S/C12H17NO4S.C10H14O3S/c1-3-9(2)10-4-6-11(7-5-10)13-12(14)8-18(15,16)17;1-3-8(2)9-4-6-10(7-5-9)14(11,12)13/h4-7,9H,3,8H2,1-2H3,(H,13,14)(H,15,16,17);4-8H,3H2,1-2H3,(H,11,12,13). The minimum absolute atomic E-state index is 0.0513. The smallest absolute Gasteiger partial charge is 0.294 e. The van der Waals surface area contributed by atoms with Crippen LogP contribution in [-0.2, 0) is 25.0 Å². The van der Waals surface area contributed by atoms with Gasteiger partial charge in [-0.05, 0) is 60.1 Å². The van der Waals surface area contributed by atoms with E-state index in [-0.39, 0.29) is 4.90 Å². The summed E-state index contributed by atoms with van der Waals surface area (Å²) in [5.74, 6) is -0.841. The highest BCUT2D eigenvalue weighted by Crippen LogP contribution is 2.21. The molecule has 32 heavy (non-hydrogen) atoms. The number of hydrogen-bond acceptors (Lipinski definition) is 5. The van der Waals surface area contributed by atoms with Crippen molar-refractivity contribution in [3.8, 4) is 0 Å². The van der Waals surface area contributed by atoms with Crippen LogP contribution in [0, 0.1) is 0 Å². The lowest BCUT2D eigenvalue weighted by molar-refractivity contribution is -0.113. The van der Waals surface area contributed by atoms with Gasteiger partial charge in [0.05, 0.1) is 4.90 Å². The van der Waals surface area contributed by atoms with Crippen molar-refractivity contribution in [2.75, 3.05) is 11.1 Å². The van der Waals surface area contributed by atoms with E-state index in [4.69, 9.17) is 9.11 Å². The molecule has 1 amide bonds. The lowest BCUT2D eigenvalue weighted by Gasteiger charge is -2.10. The average Bonchev–Trinajstić information content (AvgIpc) is 2.71. The largest absolute Gasteiger partial charge is 0.325 e. The summed E-state index contributed by atoms with van der Waals surface area (Å²) in [5, 5.41) is 2.40. The molecule has 0 heterocycles. The van der Waals surface area contributed by atoms with Gasteiger partial charge >= 0.3 is 0 Å². The Morgan fingerprint density at radius 1 is 0.812 bits per heavy atom. The predicted molar refractivity (Wildman–Crippen MR) is 125 cm³/mol. The third-order valence-corrected chi connectivity index (χ3v) is 6.54. The lowest BCUT2D eigenvalue weighted by atomic mass is 9.99. The van der Waals surface area contributed by atoms with Crippen molar-refractivity contribution in [1.82, 2.24) is 0 Å². The van der Waals surface area contributed by atoms with Crippen molar-refractivity contribution in [3.05, 3.63) is 59.7 Å². The molecule has 0 saturated heterocycles. The van der Waals surface area contributed by atoms with Crippen molar-refractivity contribution in [1.29, 1.82) is 0 Å². The van der Waals surface area contributed by atoms with Gasteiger partial charge in [0, 0.05) is 5.69 Å². The average molecular weight is 486 g/mol. The molecule has 178 valence electrons. The highest BCUT2D eigenvalue weighted by molar-refractivity contribution is 7.86. The number of anilines is 1. The Bertz CT molecular complexity index is 1080. The number of benzene rings is 2. The van der Waals surface area contributed by atoms with Gasteiger partial charge in [-0.2, -0.15) is 16.8 Å². The molecular weight excluding hydrogens is 454 g/mol. The highest BCUT2D eigenvalue weighted by Gasteiger charge is 2.13. The minimum atomic E-state index is -4.28. The Morgan fingerprint density at radius 3 is 1.56 bits per heavy atom. The van der Waals surface area contributed by atoms with Crippen LogP contribution in [0.1, 0.15) is 63.5 Å². The van der Waals surface area contributed by atoms with Crippen LogP contribution < -0.4 is 5.32 Å². The second kappa shape index (κ2) is 12.1. The molecule has 3 N–H and O–H groups in total. The van der Waals surface area contributed by atoms with E-state index in [0.29, 0.717) is 17.5 Å². The summed E-state index contributed by atoms with van der Waals surface area (Å²) in [6, 6.07) is 13.5. The Kier molecular flexibility index (Phi) is 10.5. The first kappa shape index (κ1) is 27.8. The number of rotatable bonds is 8. The molecule has 0 spiro atoms. The molecule has 0 saturated carbocycles. The summed E-state index contributed by atoms with van der Waals surface area (Å²) in [7, 11) is -8.33. The zero-order valence-electron chi connectivity index (χ0n) is 18.6. The molecule has 10 heteroatoms. The molecule has 2 aromatic rings. The summed E-state index contributed by atoms with van der Waals surface area (Å²) in [5.41, 5.74) is 2.75. The van der Waals surface area contributed by atoms with Gasteiger partial charge in [-0.1, -0.05) is 52.0 Å². The first-order valence-electron chi connectivity index (χ1n) is 10.2. The fourth-order valence-corrected chi connectivity index (χ4v) is 3.58. The van der Waals surface area contributed by atoms with Crippen LogP contribution >= 0.6 is 0 Å². The van der Waals surface area contributed by atoms with Crippen molar-refractivity contribution >= 4 is 31.8 Å². The fourth-order valence-electron chi connectivity index (χ4n) is 2.70. The van der Waals surface area contributed by atoms with E-state index < -0.39 is 31.9 Å².